The summed E-state index contributed by atoms with van der Waals surface area (Å²) >= 11 is 0. The fraction of sp³-hybridized carbons (Fsp3) is 0. The molecule has 5 heteroatoms. The molecule has 0 atom stereocenters. The van der Waals surface area contributed by atoms with E-state index in [1.807, 2.05) is 0 Å². The van der Waals surface area contributed by atoms with Crippen LogP contribution in [-0.4, -0.2) is 16.2 Å². The summed E-state index contributed by atoms with van der Waals surface area (Å²) in [7, 11) is 0. The van der Waals surface area contributed by atoms with Crippen LogP contribution in [0.2, 0.25) is 0 Å². The van der Waals surface area contributed by atoms with E-state index in [9.17, 15) is 14.7 Å². The quantitative estimate of drug-likeness (QED) is 0.652. The lowest BCUT2D eigenvalue weighted by atomic mass is 10.1. The summed E-state index contributed by atoms with van der Waals surface area (Å²) < 4.78 is 5.49. The Balaban J connectivity index is 2.39. The number of carbonyl (C=O) groups is 1. The van der Waals surface area contributed by atoms with Crippen molar-refractivity contribution < 1.29 is 19.4 Å². The van der Waals surface area contributed by atoms with Gasteiger partial charge in [0.25, 0.3) is 0 Å². The molecule has 2 aliphatic rings. The lowest BCUT2D eigenvalue weighted by Gasteiger charge is -2.08. The molecule has 94 valence electrons. The average Bonchev–Trinajstić information content (AvgIpc) is 2.35. The first kappa shape index (κ1) is 11.3. The molecule has 1 aromatic carbocycles. The summed E-state index contributed by atoms with van der Waals surface area (Å²) in [6.45, 7) is 0. The first-order valence-corrected chi connectivity index (χ1v) is 5.48. The zero-order chi connectivity index (χ0) is 13.6. The molecule has 5 nitrogen and oxygen atoms in total. The number of phenols is 1. The number of aromatic hydroxyl groups is 1. The monoisotopic (exact) mass is 256 g/mol. The molecule has 0 saturated heterocycles. The first-order chi connectivity index (χ1) is 9.04. The van der Waals surface area contributed by atoms with E-state index in [4.69, 9.17) is 9.52 Å². The van der Waals surface area contributed by atoms with E-state index in [1.54, 1.807) is 12.1 Å². The molecule has 1 aromatic rings. The maximum Gasteiger partial charge on any atom is 0.339 e. The van der Waals surface area contributed by atoms with Gasteiger partial charge < -0.3 is 14.6 Å². The Bertz CT molecular complexity index is 831. The standard InChI is InChI=1S/C14H8O5/c15-9-2-1-7-3-8-4-10(14(17)18)11(16)6-13(8)19-12(7)5-9/h1-6,16H,(H,17,18). The fourth-order valence-corrected chi connectivity index (χ4v) is 1.97. The van der Waals surface area contributed by atoms with Gasteiger partial charge in [0.05, 0.1) is 0 Å². The summed E-state index contributed by atoms with van der Waals surface area (Å²) in [6, 6.07) is 8.63. The lowest BCUT2D eigenvalue weighted by molar-refractivity contribution is 0.0694. The Labute approximate surface area is 106 Å². The van der Waals surface area contributed by atoms with Gasteiger partial charge in [-0.1, -0.05) is 0 Å². The highest BCUT2D eigenvalue weighted by atomic mass is 16.4. The van der Waals surface area contributed by atoms with Crippen LogP contribution in [0.1, 0.15) is 10.4 Å². The van der Waals surface area contributed by atoms with Crippen LogP contribution < -0.4 is 5.43 Å². The van der Waals surface area contributed by atoms with Gasteiger partial charge in [-0.2, -0.15) is 0 Å². The molecule has 0 aromatic heterocycles. The van der Waals surface area contributed by atoms with Crippen molar-refractivity contribution >= 4 is 16.9 Å². The Morgan fingerprint density at radius 2 is 1.89 bits per heavy atom. The van der Waals surface area contributed by atoms with E-state index in [0.29, 0.717) is 22.3 Å². The van der Waals surface area contributed by atoms with E-state index in [2.05, 4.69) is 0 Å². The summed E-state index contributed by atoms with van der Waals surface area (Å²) in [5, 5.41) is 19.1. The molecule has 0 amide bonds. The van der Waals surface area contributed by atoms with Crippen LogP contribution in [0.5, 0.6) is 5.75 Å². The summed E-state index contributed by atoms with van der Waals surface area (Å²) in [5.74, 6) is -1.20. The minimum absolute atomic E-state index is 0.179. The third kappa shape index (κ3) is 1.81. The third-order valence-electron chi connectivity index (χ3n) is 2.87. The Kier molecular flexibility index (Phi) is 2.28. The molecule has 0 unspecified atom stereocenters. The zero-order valence-corrected chi connectivity index (χ0v) is 9.58. The molecule has 1 aliphatic carbocycles. The number of carboxylic acids is 1. The second-order valence-corrected chi connectivity index (χ2v) is 4.16. The molecule has 0 bridgehead atoms. The number of hydrogen-bond acceptors (Lipinski definition) is 4. The maximum atomic E-state index is 11.2. The predicted molar refractivity (Wildman–Crippen MR) is 67.7 cm³/mol. The highest BCUT2D eigenvalue weighted by molar-refractivity contribution is 5.97. The highest BCUT2D eigenvalue weighted by Crippen LogP contribution is 2.31. The van der Waals surface area contributed by atoms with Gasteiger partial charge in [0.15, 0.2) is 5.43 Å². The predicted octanol–water partition coefficient (Wildman–Crippen LogP) is 2.30. The van der Waals surface area contributed by atoms with Gasteiger partial charge in [0, 0.05) is 23.1 Å². The van der Waals surface area contributed by atoms with Gasteiger partial charge >= 0.3 is 5.97 Å². The van der Waals surface area contributed by atoms with Gasteiger partial charge in [-0.05, 0) is 24.3 Å². The molecule has 0 fully saturated rings. The minimum Gasteiger partial charge on any atom is -0.507 e. The molecule has 0 spiro atoms. The van der Waals surface area contributed by atoms with Crippen LogP contribution in [0, 0.1) is 0 Å². The average molecular weight is 256 g/mol. The number of aromatic carboxylic acids is 1. The molecule has 19 heavy (non-hydrogen) atoms. The second kappa shape index (κ2) is 3.84. The number of hydrogen-bond donors (Lipinski definition) is 2. The Morgan fingerprint density at radius 1 is 1.11 bits per heavy atom. The van der Waals surface area contributed by atoms with E-state index >= 15 is 0 Å². The van der Waals surface area contributed by atoms with Crippen LogP contribution in [0.3, 0.4) is 0 Å². The van der Waals surface area contributed by atoms with E-state index < -0.39 is 5.97 Å². The number of rotatable bonds is 1. The van der Waals surface area contributed by atoms with Crippen LogP contribution in [0.4, 0.5) is 0 Å². The SMILES string of the molecule is O=C(O)c1cc2cc3ccc(=O)cc-3oc2cc1O. The minimum atomic E-state index is -1.21. The number of benzene rings is 2. The molecule has 3 rings (SSSR count). The van der Waals surface area contributed by atoms with E-state index in [1.165, 1.54) is 24.3 Å². The zero-order valence-electron chi connectivity index (χ0n) is 9.58. The molecule has 0 saturated carbocycles. The topological polar surface area (TPSA) is 87.7 Å². The number of carboxylic acid groups (broad SMARTS) is 1. The van der Waals surface area contributed by atoms with Gasteiger partial charge in [0.2, 0.25) is 0 Å². The van der Waals surface area contributed by atoms with Gasteiger partial charge in [0.1, 0.15) is 22.7 Å². The van der Waals surface area contributed by atoms with E-state index in [-0.39, 0.29) is 16.7 Å². The molecule has 0 radical (unpaired) electrons. The molecule has 2 N–H and O–H groups in total. The van der Waals surface area contributed by atoms with E-state index in [0.717, 1.165) is 0 Å². The van der Waals surface area contributed by atoms with Crippen molar-refractivity contribution in [3.05, 3.63) is 52.2 Å². The maximum absolute atomic E-state index is 11.2. The lowest BCUT2D eigenvalue weighted by Crippen LogP contribution is -1.99. The summed E-state index contributed by atoms with van der Waals surface area (Å²) in [5.41, 5.74) is 0.638. The van der Waals surface area contributed by atoms with Gasteiger partial charge in [-0.15, -0.1) is 0 Å². The first-order valence-electron chi connectivity index (χ1n) is 5.48. The van der Waals surface area contributed by atoms with Crippen LogP contribution in [0.15, 0.2) is 45.6 Å². The largest absolute Gasteiger partial charge is 0.507 e. The van der Waals surface area contributed by atoms with Crippen molar-refractivity contribution in [3.63, 3.8) is 0 Å². The highest BCUT2D eigenvalue weighted by Gasteiger charge is 2.14. The van der Waals surface area contributed by atoms with Gasteiger partial charge in [-0.3, -0.25) is 4.79 Å². The summed E-state index contributed by atoms with van der Waals surface area (Å²) in [4.78, 5) is 22.2. The van der Waals surface area contributed by atoms with Crippen LogP contribution in [0.25, 0.3) is 22.3 Å². The van der Waals surface area contributed by atoms with Gasteiger partial charge in [-0.25, -0.2) is 4.79 Å². The van der Waals surface area contributed by atoms with Crippen molar-refractivity contribution in [2.75, 3.05) is 0 Å². The van der Waals surface area contributed by atoms with Crippen molar-refractivity contribution in [2.45, 2.75) is 0 Å². The molecule has 1 heterocycles. The van der Waals surface area contributed by atoms with Crippen molar-refractivity contribution in [1.29, 1.82) is 0 Å². The van der Waals surface area contributed by atoms with Crippen molar-refractivity contribution in [1.82, 2.24) is 0 Å². The van der Waals surface area contributed by atoms with Crippen molar-refractivity contribution in [3.8, 4) is 17.1 Å². The fourth-order valence-electron chi connectivity index (χ4n) is 1.97. The normalized spacial score (nSPS) is 10.9. The molecular formula is C14H8O5. The second-order valence-electron chi connectivity index (χ2n) is 4.16. The van der Waals surface area contributed by atoms with Crippen molar-refractivity contribution in [2.24, 2.45) is 0 Å². The number of fused-ring (bicyclic) bond motifs is 2. The molecular weight excluding hydrogens is 248 g/mol. The van der Waals surface area contributed by atoms with Crippen LogP contribution in [-0.2, 0) is 0 Å². The Morgan fingerprint density at radius 3 is 2.63 bits per heavy atom. The molecule has 1 aliphatic heterocycles. The third-order valence-corrected chi connectivity index (χ3v) is 2.87. The Hall–Kier alpha value is -2.82. The van der Waals surface area contributed by atoms with Crippen LogP contribution >= 0.6 is 0 Å². The smallest absolute Gasteiger partial charge is 0.339 e. The summed E-state index contributed by atoms with van der Waals surface area (Å²) in [6.07, 6.45) is 0.